The van der Waals surface area contributed by atoms with Gasteiger partial charge in [-0.2, -0.15) is 0 Å². The average Bonchev–Trinajstić information content (AvgIpc) is 2.20. The highest BCUT2D eigenvalue weighted by Gasteiger charge is 1.94. The third-order valence-electron chi connectivity index (χ3n) is 1.55. The van der Waals surface area contributed by atoms with Gasteiger partial charge in [0.1, 0.15) is 0 Å². The second-order valence-corrected chi connectivity index (χ2v) is 2.90. The average molecular weight is 212 g/mol. The molecular formula is C10H10ClNO2. The summed E-state index contributed by atoms with van der Waals surface area (Å²) in [6, 6.07) is 7.33. The van der Waals surface area contributed by atoms with Crippen molar-refractivity contribution in [3.63, 3.8) is 0 Å². The van der Waals surface area contributed by atoms with Crippen molar-refractivity contribution in [3.05, 3.63) is 41.1 Å². The first-order valence-electron chi connectivity index (χ1n) is 3.99. The minimum Gasteiger partial charge on any atom is -0.453 e. The normalized spacial score (nSPS) is 10.1. The predicted molar refractivity (Wildman–Crippen MR) is 56.0 cm³/mol. The Kier molecular flexibility index (Phi) is 4.01. The molecule has 0 aromatic heterocycles. The summed E-state index contributed by atoms with van der Waals surface area (Å²) in [5, 5.41) is 3.04. The van der Waals surface area contributed by atoms with Crippen molar-refractivity contribution >= 4 is 23.8 Å². The fourth-order valence-corrected chi connectivity index (χ4v) is 1.07. The fourth-order valence-electron chi connectivity index (χ4n) is 0.869. The first-order valence-corrected chi connectivity index (χ1v) is 4.37. The van der Waals surface area contributed by atoms with E-state index in [1.54, 1.807) is 12.1 Å². The van der Waals surface area contributed by atoms with Crippen molar-refractivity contribution in [1.82, 2.24) is 5.32 Å². The molecule has 1 amide bonds. The second kappa shape index (κ2) is 5.29. The summed E-state index contributed by atoms with van der Waals surface area (Å²) in [5.74, 6) is 0. The maximum atomic E-state index is 10.7. The van der Waals surface area contributed by atoms with Gasteiger partial charge in [0.2, 0.25) is 0 Å². The maximum Gasteiger partial charge on any atom is 0.410 e. The minimum atomic E-state index is -0.506. The van der Waals surface area contributed by atoms with Gasteiger partial charge in [-0.05, 0) is 17.7 Å². The van der Waals surface area contributed by atoms with Crippen molar-refractivity contribution in [1.29, 1.82) is 0 Å². The van der Waals surface area contributed by atoms with E-state index in [0.717, 1.165) is 5.56 Å². The second-order valence-electron chi connectivity index (χ2n) is 2.49. The maximum absolute atomic E-state index is 10.7. The lowest BCUT2D eigenvalue weighted by molar-refractivity contribution is 0.175. The molecule has 4 heteroatoms. The van der Waals surface area contributed by atoms with Crippen LogP contribution in [-0.4, -0.2) is 13.2 Å². The van der Waals surface area contributed by atoms with Crippen molar-refractivity contribution in [2.45, 2.75) is 0 Å². The number of amides is 1. The summed E-state index contributed by atoms with van der Waals surface area (Å²) in [5.41, 5.74) is 0.838. The first-order chi connectivity index (χ1) is 6.74. The van der Waals surface area contributed by atoms with E-state index in [1.165, 1.54) is 13.3 Å². The molecule has 0 heterocycles. The van der Waals surface area contributed by atoms with E-state index in [2.05, 4.69) is 10.1 Å². The van der Waals surface area contributed by atoms with Crippen LogP contribution < -0.4 is 5.32 Å². The Bertz CT molecular complexity index is 350. The summed E-state index contributed by atoms with van der Waals surface area (Å²) in [6.45, 7) is 0. The SMILES string of the molecule is COC(=O)N/C=C/c1ccccc1Cl. The number of halogens is 1. The molecular weight excluding hydrogens is 202 g/mol. The molecule has 0 saturated carbocycles. The minimum absolute atomic E-state index is 0.506. The number of nitrogens with one attached hydrogen (secondary N) is 1. The van der Waals surface area contributed by atoms with E-state index < -0.39 is 6.09 Å². The topological polar surface area (TPSA) is 38.3 Å². The summed E-state index contributed by atoms with van der Waals surface area (Å²) in [7, 11) is 1.30. The first kappa shape index (κ1) is 10.6. The lowest BCUT2D eigenvalue weighted by Crippen LogP contribution is -2.15. The van der Waals surface area contributed by atoms with Crippen LogP contribution in [0.15, 0.2) is 30.5 Å². The van der Waals surface area contributed by atoms with Crippen molar-refractivity contribution < 1.29 is 9.53 Å². The largest absolute Gasteiger partial charge is 0.453 e. The molecule has 0 saturated heterocycles. The molecule has 74 valence electrons. The van der Waals surface area contributed by atoms with Gasteiger partial charge in [0.25, 0.3) is 0 Å². The number of carbonyl (C=O) groups excluding carboxylic acids is 1. The van der Waals surface area contributed by atoms with Crippen LogP contribution in [0.5, 0.6) is 0 Å². The van der Waals surface area contributed by atoms with E-state index in [4.69, 9.17) is 11.6 Å². The zero-order chi connectivity index (χ0) is 10.4. The van der Waals surface area contributed by atoms with E-state index in [1.807, 2.05) is 18.2 Å². The van der Waals surface area contributed by atoms with Gasteiger partial charge in [0.05, 0.1) is 7.11 Å². The van der Waals surface area contributed by atoms with Gasteiger partial charge in [-0.1, -0.05) is 29.8 Å². The highest BCUT2D eigenvalue weighted by Crippen LogP contribution is 2.15. The molecule has 0 aliphatic heterocycles. The summed E-state index contributed by atoms with van der Waals surface area (Å²) in [6.07, 6.45) is 2.67. The van der Waals surface area contributed by atoms with Crippen LogP contribution in [0.25, 0.3) is 6.08 Å². The van der Waals surface area contributed by atoms with E-state index in [9.17, 15) is 4.79 Å². The molecule has 0 fully saturated rings. The van der Waals surface area contributed by atoms with Crippen LogP contribution >= 0.6 is 11.6 Å². The van der Waals surface area contributed by atoms with Gasteiger partial charge < -0.3 is 4.74 Å². The molecule has 3 nitrogen and oxygen atoms in total. The highest BCUT2D eigenvalue weighted by atomic mass is 35.5. The Labute approximate surface area is 87.3 Å². The Morgan fingerprint density at radius 3 is 2.86 bits per heavy atom. The molecule has 0 unspecified atom stereocenters. The molecule has 1 aromatic rings. The standard InChI is InChI=1S/C10H10ClNO2/c1-14-10(13)12-7-6-8-4-2-3-5-9(8)11/h2-7H,1H3,(H,12,13)/b7-6+. The van der Waals surface area contributed by atoms with Crippen LogP contribution in [0.4, 0.5) is 4.79 Å². The lowest BCUT2D eigenvalue weighted by Gasteiger charge is -1.98. The molecule has 14 heavy (non-hydrogen) atoms. The summed E-state index contributed by atoms with van der Waals surface area (Å²) >= 11 is 5.88. The van der Waals surface area contributed by atoms with Crippen LogP contribution in [0.3, 0.4) is 0 Å². The quantitative estimate of drug-likeness (QED) is 0.817. The Hall–Kier alpha value is -1.48. The number of benzene rings is 1. The zero-order valence-corrected chi connectivity index (χ0v) is 8.41. The van der Waals surface area contributed by atoms with E-state index >= 15 is 0 Å². The van der Waals surface area contributed by atoms with Crippen LogP contribution in [-0.2, 0) is 4.74 Å². The van der Waals surface area contributed by atoms with Crippen molar-refractivity contribution in [3.8, 4) is 0 Å². The molecule has 0 spiro atoms. The third-order valence-corrected chi connectivity index (χ3v) is 1.90. The van der Waals surface area contributed by atoms with Gasteiger partial charge in [-0.15, -0.1) is 0 Å². The summed E-state index contributed by atoms with van der Waals surface area (Å²) < 4.78 is 4.38. The molecule has 1 rings (SSSR count). The van der Waals surface area contributed by atoms with Gasteiger partial charge in [0.15, 0.2) is 0 Å². The van der Waals surface area contributed by atoms with Gasteiger partial charge in [0, 0.05) is 11.2 Å². The molecule has 0 atom stereocenters. The smallest absolute Gasteiger partial charge is 0.410 e. The Morgan fingerprint density at radius 2 is 2.21 bits per heavy atom. The molecule has 0 bridgehead atoms. The number of methoxy groups -OCH3 is 1. The predicted octanol–water partition coefficient (Wildman–Crippen LogP) is 2.67. The highest BCUT2D eigenvalue weighted by molar-refractivity contribution is 6.32. The molecule has 0 radical (unpaired) electrons. The summed E-state index contributed by atoms with van der Waals surface area (Å²) in [4.78, 5) is 10.7. The van der Waals surface area contributed by atoms with Gasteiger partial charge >= 0.3 is 6.09 Å². The van der Waals surface area contributed by atoms with E-state index in [0.29, 0.717) is 5.02 Å². The van der Waals surface area contributed by atoms with Crippen LogP contribution in [0.2, 0.25) is 5.02 Å². The third kappa shape index (κ3) is 3.11. The monoisotopic (exact) mass is 211 g/mol. The van der Waals surface area contributed by atoms with Crippen LogP contribution in [0.1, 0.15) is 5.56 Å². The molecule has 1 N–H and O–H groups in total. The number of hydrogen-bond donors (Lipinski definition) is 1. The van der Waals surface area contributed by atoms with Gasteiger partial charge in [-0.3, -0.25) is 5.32 Å². The van der Waals surface area contributed by atoms with Crippen LogP contribution in [0, 0.1) is 0 Å². The fraction of sp³-hybridized carbons (Fsp3) is 0.100. The number of carbonyl (C=O) groups is 1. The Morgan fingerprint density at radius 1 is 1.50 bits per heavy atom. The molecule has 0 aliphatic rings. The van der Waals surface area contributed by atoms with Crippen molar-refractivity contribution in [2.24, 2.45) is 0 Å². The number of alkyl carbamates (subject to hydrolysis) is 1. The zero-order valence-electron chi connectivity index (χ0n) is 7.66. The molecule has 1 aromatic carbocycles. The van der Waals surface area contributed by atoms with Crippen molar-refractivity contribution in [2.75, 3.05) is 7.11 Å². The molecule has 0 aliphatic carbocycles. The number of hydrogen-bond acceptors (Lipinski definition) is 2. The number of rotatable bonds is 2. The van der Waals surface area contributed by atoms with Gasteiger partial charge in [-0.25, -0.2) is 4.79 Å². The number of ether oxygens (including phenoxy) is 1. The van der Waals surface area contributed by atoms with E-state index in [-0.39, 0.29) is 0 Å². The Balaban J connectivity index is 2.60. The lowest BCUT2D eigenvalue weighted by atomic mass is 10.2.